The van der Waals surface area contributed by atoms with Gasteiger partial charge in [0.05, 0.1) is 11.4 Å². The van der Waals surface area contributed by atoms with E-state index in [1.54, 1.807) is 10.5 Å². The lowest BCUT2D eigenvalue weighted by molar-refractivity contribution is 0.276. The van der Waals surface area contributed by atoms with Gasteiger partial charge in [-0.15, -0.1) is 0 Å². The van der Waals surface area contributed by atoms with E-state index in [0.29, 0.717) is 25.6 Å². The lowest BCUT2D eigenvalue weighted by Gasteiger charge is -2.33. The quantitative estimate of drug-likeness (QED) is 0.829. The monoisotopic (exact) mass is 300 g/mol. The average molecular weight is 300 g/mol. The molecule has 1 atom stereocenters. The minimum atomic E-state index is -3.04. The van der Waals surface area contributed by atoms with Crippen LogP contribution in [-0.4, -0.2) is 47.8 Å². The van der Waals surface area contributed by atoms with E-state index in [0.717, 1.165) is 18.5 Å². The highest BCUT2D eigenvalue weighted by atomic mass is 32.2. The third-order valence-electron chi connectivity index (χ3n) is 3.78. The SMILES string of the molecule is CCCS(=O)(=O)N1CCC(NC(C)c2ccn[nH]2)CC1. The maximum absolute atomic E-state index is 12.0. The normalized spacial score (nSPS) is 20.1. The van der Waals surface area contributed by atoms with E-state index in [-0.39, 0.29) is 11.8 Å². The highest BCUT2D eigenvalue weighted by Crippen LogP contribution is 2.18. The zero-order chi connectivity index (χ0) is 14.6. The predicted molar refractivity (Wildman–Crippen MR) is 78.8 cm³/mol. The zero-order valence-electron chi connectivity index (χ0n) is 12.2. The molecular weight excluding hydrogens is 276 g/mol. The molecule has 0 spiro atoms. The summed E-state index contributed by atoms with van der Waals surface area (Å²) in [5, 5.41) is 10.4. The highest BCUT2D eigenvalue weighted by molar-refractivity contribution is 7.89. The van der Waals surface area contributed by atoms with Gasteiger partial charge < -0.3 is 5.32 Å². The van der Waals surface area contributed by atoms with E-state index in [4.69, 9.17) is 0 Å². The molecule has 1 aromatic heterocycles. The van der Waals surface area contributed by atoms with Crippen LogP contribution < -0.4 is 5.32 Å². The number of aromatic amines is 1. The summed E-state index contributed by atoms with van der Waals surface area (Å²) in [4.78, 5) is 0. The van der Waals surface area contributed by atoms with Crippen molar-refractivity contribution < 1.29 is 8.42 Å². The van der Waals surface area contributed by atoms with Gasteiger partial charge in [0.1, 0.15) is 0 Å². The first kappa shape index (κ1) is 15.5. The molecule has 1 saturated heterocycles. The minimum Gasteiger partial charge on any atom is -0.306 e. The van der Waals surface area contributed by atoms with E-state index < -0.39 is 10.0 Å². The standard InChI is InChI=1S/C13H24N4O2S/c1-3-10-20(18,19)17-8-5-12(6-9-17)15-11(2)13-4-7-14-16-13/h4,7,11-12,15H,3,5-6,8-10H2,1-2H3,(H,14,16). The van der Waals surface area contributed by atoms with Gasteiger partial charge in [0, 0.05) is 31.4 Å². The number of sulfonamides is 1. The Labute approximate surface area is 121 Å². The van der Waals surface area contributed by atoms with Crippen LogP contribution in [0.4, 0.5) is 0 Å². The molecule has 0 bridgehead atoms. The van der Waals surface area contributed by atoms with Crippen LogP contribution in [0.3, 0.4) is 0 Å². The molecule has 0 radical (unpaired) electrons. The second-order valence-electron chi connectivity index (χ2n) is 5.39. The molecule has 6 nitrogen and oxygen atoms in total. The second kappa shape index (κ2) is 6.69. The fourth-order valence-corrected chi connectivity index (χ4v) is 4.18. The van der Waals surface area contributed by atoms with E-state index in [1.165, 1.54) is 0 Å². The fraction of sp³-hybridized carbons (Fsp3) is 0.769. The van der Waals surface area contributed by atoms with Gasteiger partial charge >= 0.3 is 0 Å². The number of aromatic nitrogens is 2. The van der Waals surface area contributed by atoms with Crippen molar-refractivity contribution in [2.75, 3.05) is 18.8 Å². The van der Waals surface area contributed by atoms with Crippen LogP contribution in [0.1, 0.15) is 44.8 Å². The molecule has 1 aromatic rings. The maximum Gasteiger partial charge on any atom is 0.214 e. The summed E-state index contributed by atoms with van der Waals surface area (Å²) in [5.41, 5.74) is 1.06. The average Bonchev–Trinajstić information content (AvgIpc) is 2.93. The van der Waals surface area contributed by atoms with Crippen molar-refractivity contribution in [3.63, 3.8) is 0 Å². The molecule has 0 aromatic carbocycles. The van der Waals surface area contributed by atoms with Gasteiger partial charge in [-0.3, -0.25) is 5.10 Å². The molecule has 20 heavy (non-hydrogen) atoms. The third kappa shape index (κ3) is 3.80. The Hall–Kier alpha value is -0.920. The van der Waals surface area contributed by atoms with Crippen molar-refractivity contribution in [2.24, 2.45) is 0 Å². The van der Waals surface area contributed by atoms with Crippen LogP contribution >= 0.6 is 0 Å². The number of H-pyrrole nitrogens is 1. The molecule has 7 heteroatoms. The number of rotatable bonds is 6. The molecule has 2 rings (SSSR count). The second-order valence-corrected chi connectivity index (χ2v) is 7.48. The maximum atomic E-state index is 12.0. The largest absolute Gasteiger partial charge is 0.306 e. The summed E-state index contributed by atoms with van der Waals surface area (Å²) >= 11 is 0. The summed E-state index contributed by atoms with van der Waals surface area (Å²) in [6.45, 7) is 5.23. The van der Waals surface area contributed by atoms with Crippen LogP contribution in [0.15, 0.2) is 12.3 Å². The van der Waals surface area contributed by atoms with Crippen molar-refractivity contribution in [1.29, 1.82) is 0 Å². The summed E-state index contributed by atoms with van der Waals surface area (Å²) < 4.78 is 25.6. The molecule has 0 saturated carbocycles. The smallest absolute Gasteiger partial charge is 0.214 e. The summed E-state index contributed by atoms with van der Waals surface area (Å²) in [7, 11) is -3.04. The number of nitrogens with zero attached hydrogens (tertiary/aromatic N) is 2. The van der Waals surface area contributed by atoms with Gasteiger partial charge in [-0.1, -0.05) is 6.92 Å². The molecule has 2 heterocycles. The van der Waals surface area contributed by atoms with Crippen molar-refractivity contribution in [2.45, 2.75) is 45.2 Å². The third-order valence-corrected chi connectivity index (χ3v) is 5.86. The van der Waals surface area contributed by atoms with Crippen LogP contribution in [0.2, 0.25) is 0 Å². The number of piperidine rings is 1. The van der Waals surface area contributed by atoms with Gasteiger partial charge in [-0.2, -0.15) is 5.10 Å². The first-order valence-corrected chi connectivity index (χ1v) is 8.87. The molecule has 1 aliphatic heterocycles. The van der Waals surface area contributed by atoms with E-state index in [1.807, 2.05) is 13.0 Å². The minimum absolute atomic E-state index is 0.210. The Kier molecular flexibility index (Phi) is 5.17. The molecule has 114 valence electrons. The van der Waals surface area contributed by atoms with Gasteiger partial charge in [0.15, 0.2) is 0 Å². The van der Waals surface area contributed by atoms with Crippen molar-refractivity contribution >= 4 is 10.0 Å². The molecule has 1 unspecified atom stereocenters. The van der Waals surface area contributed by atoms with Gasteiger partial charge in [-0.25, -0.2) is 12.7 Å². The number of hydrogen-bond acceptors (Lipinski definition) is 4. The summed E-state index contributed by atoms with van der Waals surface area (Å²) in [6.07, 6.45) is 4.15. The Morgan fingerprint density at radius 3 is 2.75 bits per heavy atom. The van der Waals surface area contributed by atoms with Crippen molar-refractivity contribution in [3.05, 3.63) is 18.0 Å². The van der Waals surface area contributed by atoms with E-state index in [9.17, 15) is 8.42 Å². The molecule has 0 aliphatic carbocycles. The fourth-order valence-electron chi connectivity index (χ4n) is 2.64. The van der Waals surface area contributed by atoms with Crippen molar-refractivity contribution in [3.8, 4) is 0 Å². The van der Waals surface area contributed by atoms with Gasteiger partial charge in [0.25, 0.3) is 0 Å². The first-order chi connectivity index (χ1) is 9.53. The lowest BCUT2D eigenvalue weighted by atomic mass is 10.1. The molecular formula is C13H24N4O2S. The van der Waals surface area contributed by atoms with Crippen LogP contribution in [-0.2, 0) is 10.0 Å². The predicted octanol–water partition coefficient (Wildman–Crippen LogP) is 1.26. The van der Waals surface area contributed by atoms with Crippen LogP contribution in [0.25, 0.3) is 0 Å². The lowest BCUT2D eigenvalue weighted by Crippen LogP contribution is -2.46. The molecule has 1 fully saturated rings. The van der Waals surface area contributed by atoms with Crippen LogP contribution in [0.5, 0.6) is 0 Å². The Morgan fingerprint density at radius 2 is 2.20 bits per heavy atom. The van der Waals surface area contributed by atoms with Crippen molar-refractivity contribution in [1.82, 2.24) is 19.8 Å². The summed E-state index contributed by atoms with van der Waals surface area (Å²) in [5.74, 6) is 0.260. The molecule has 0 amide bonds. The van der Waals surface area contributed by atoms with Gasteiger partial charge in [0.2, 0.25) is 10.0 Å². The number of nitrogens with one attached hydrogen (secondary N) is 2. The van der Waals surface area contributed by atoms with E-state index >= 15 is 0 Å². The summed E-state index contributed by atoms with van der Waals surface area (Å²) in [6, 6.07) is 2.53. The van der Waals surface area contributed by atoms with Gasteiger partial charge in [-0.05, 0) is 32.3 Å². The zero-order valence-corrected chi connectivity index (χ0v) is 13.0. The Morgan fingerprint density at radius 1 is 1.50 bits per heavy atom. The van der Waals surface area contributed by atoms with E-state index in [2.05, 4.69) is 22.4 Å². The highest BCUT2D eigenvalue weighted by Gasteiger charge is 2.27. The van der Waals surface area contributed by atoms with Crippen LogP contribution in [0, 0.1) is 0 Å². The first-order valence-electron chi connectivity index (χ1n) is 7.26. The molecule has 1 aliphatic rings. The Bertz CT molecular complexity index is 492. The molecule has 2 N–H and O–H groups in total. The number of hydrogen-bond donors (Lipinski definition) is 2. The Balaban J connectivity index is 1.83. The topological polar surface area (TPSA) is 78.1 Å².